The lowest BCUT2D eigenvalue weighted by Crippen LogP contribution is -2.45. The van der Waals surface area contributed by atoms with E-state index in [1.54, 1.807) is 9.58 Å². The molecular weight excluding hydrogens is 374 g/mol. The Balaban J connectivity index is 1.61. The van der Waals surface area contributed by atoms with E-state index >= 15 is 0 Å². The highest BCUT2D eigenvalue weighted by molar-refractivity contribution is 8.00. The van der Waals surface area contributed by atoms with Gasteiger partial charge in [-0.05, 0) is 29.5 Å². The van der Waals surface area contributed by atoms with Crippen LogP contribution in [0.2, 0.25) is 0 Å². The van der Waals surface area contributed by atoms with Crippen molar-refractivity contribution in [1.29, 1.82) is 0 Å². The smallest absolute Gasteiger partial charge is 0.320 e. The number of hydrogen-bond acceptors (Lipinski definition) is 8. The molecule has 1 amide bonds. The molecular formula is C16H19N5O3S2. The number of tetrazole rings is 1. The van der Waals surface area contributed by atoms with Crippen LogP contribution in [-0.2, 0) is 14.3 Å². The van der Waals surface area contributed by atoms with Crippen LogP contribution in [0, 0.1) is 6.92 Å². The Morgan fingerprint density at radius 1 is 1.35 bits per heavy atom. The number of hydrogen-bond donors (Lipinski definition) is 0. The van der Waals surface area contributed by atoms with Crippen LogP contribution in [0.5, 0.6) is 0 Å². The van der Waals surface area contributed by atoms with Crippen molar-refractivity contribution >= 4 is 35.4 Å². The van der Waals surface area contributed by atoms with Crippen molar-refractivity contribution in [3.05, 3.63) is 29.8 Å². The minimum Gasteiger partial charge on any atom is -0.468 e. The van der Waals surface area contributed by atoms with E-state index < -0.39 is 0 Å². The third-order valence-electron chi connectivity index (χ3n) is 3.93. The Kier molecular flexibility index (Phi) is 6.15. The number of ether oxygens (including phenoxy) is 1. The van der Waals surface area contributed by atoms with Crippen molar-refractivity contribution in [2.24, 2.45) is 0 Å². The minimum atomic E-state index is -0.319. The first-order valence-corrected chi connectivity index (χ1v) is 10.1. The number of carbonyl (C=O) groups is 2. The number of methoxy groups -OCH3 is 1. The highest BCUT2D eigenvalue weighted by Crippen LogP contribution is 2.22. The van der Waals surface area contributed by atoms with Crippen LogP contribution in [0.4, 0.5) is 0 Å². The molecule has 0 bridgehead atoms. The van der Waals surface area contributed by atoms with Crippen LogP contribution in [0.25, 0.3) is 5.69 Å². The molecule has 2 heterocycles. The van der Waals surface area contributed by atoms with E-state index in [-0.39, 0.29) is 22.9 Å². The summed E-state index contributed by atoms with van der Waals surface area (Å²) in [5, 5.41) is 11.9. The summed E-state index contributed by atoms with van der Waals surface area (Å²) in [6.07, 6.45) is 0. The molecule has 26 heavy (non-hydrogen) atoms. The average Bonchev–Trinajstić information content (AvgIpc) is 3.14. The molecule has 0 radical (unpaired) electrons. The predicted molar refractivity (Wildman–Crippen MR) is 99.5 cm³/mol. The van der Waals surface area contributed by atoms with Crippen LogP contribution < -0.4 is 0 Å². The van der Waals surface area contributed by atoms with Gasteiger partial charge in [0, 0.05) is 18.8 Å². The van der Waals surface area contributed by atoms with E-state index in [1.165, 1.54) is 30.6 Å². The van der Waals surface area contributed by atoms with Crippen molar-refractivity contribution in [2.75, 3.05) is 31.7 Å². The SMILES string of the molecule is COC(=O)[C@H]1CN(C(=O)CSc2nnnn2-c2ccc(C)cc2)CCS1. The number of carbonyl (C=O) groups excluding carboxylic acids is 2. The first kappa shape index (κ1) is 18.7. The normalized spacial score (nSPS) is 17.2. The van der Waals surface area contributed by atoms with Crippen LogP contribution in [0.15, 0.2) is 29.4 Å². The molecule has 3 rings (SSSR count). The molecule has 138 valence electrons. The second-order valence-electron chi connectivity index (χ2n) is 5.72. The molecule has 0 N–H and O–H groups in total. The molecule has 1 aliphatic rings. The Morgan fingerprint density at radius 3 is 2.85 bits per heavy atom. The van der Waals surface area contributed by atoms with E-state index in [4.69, 9.17) is 4.74 Å². The Bertz CT molecular complexity index is 780. The van der Waals surface area contributed by atoms with Crippen LogP contribution in [0.1, 0.15) is 5.56 Å². The van der Waals surface area contributed by atoms with Crippen molar-refractivity contribution < 1.29 is 14.3 Å². The third-order valence-corrected chi connectivity index (χ3v) is 5.99. The maximum atomic E-state index is 12.5. The Morgan fingerprint density at radius 2 is 2.12 bits per heavy atom. The summed E-state index contributed by atoms with van der Waals surface area (Å²) in [6, 6.07) is 7.82. The van der Waals surface area contributed by atoms with Gasteiger partial charge in [-0.15, -0.1) is 16.9 Å². The largest absolute Gasteiger partial charge is 0.468 e. The van der Waals surface area contributed by atoms with Gasteiger partial charge in [-0.1, -0.05) is 29.5 Å². The van der Waals surface area contributed by atoms with Gasteiger partial charge in [0.15, 0.2) is 0 Å². The van der Waals surface area contributed by atoms with Crippen molar-refractivity contribution in [1.82, 2.24) is 25.1 Å². The quantitative estimate of drug-likeness (QED) is 0.553. The zero-order valence-corrected chi connectivity index (χ0v) is 16.1. The Labute approximate surface area is 159 Å². The molecule has 1 aromatic carbocycles. The lowest BCUT2D eigenvalue weighted by Gasteiger charge is -2.30. The minimum absolute atomic E-state index is 0.0392. The molecule has 10 heteroatoms. The van der Waals surface area contributed by atoms with Gasteiger partial charge in [0.05, 0.1) is 18.6 Å². The summed E-state index contributed by atoms with van der Waals surface area (Å²) >= 11 is 2.80. The topological polar surface area (TPSA) is 90.2 Å². The predicted octanol–water partition coefficient (Wildman–Crippen LogP) is 1.18. The van der Waals surface area contributed by atoms with Gasteiger partial charge in [-0.25, -0.2) is 0 Å². The maximum Gasteiger partial charge on any atom is 0.320 e. The second-order valence-corrected chi connectivity index (χ2v) is 7.97. The number of nitrogens with zero attached hydrogens (tertiary/aromatic N) is 5. The van der Waals surface area contributed by atoms with Crippen molar-refractivity contribution in [3.63, 3.8) is 0 Å². The van der Waals surface area contributed by atoms with E-state index in [0.29, 0.717) is 18.2 Å². The van der Waals surface area contributed by atoms with Crippen LogP contribution in [-0.4, -0.2) is 73.9 Å². The third kappa shape index (κ3) is 4.36. The molecule has 0 aliphatic carbocycles. The van der Waals surface area contributed by atoms with E-state index in [1.807, 2.05) is 31.2 Å². The molecule has 1 saturated heterocycles. The van der Waals surface area contributed by atoms with Gasteiger partial charge >= 0.3 is 5.97 Å². The molecule has 2 aromatic rings. The first-order chi connectivity index (χ1) is 12.6. The van der Waals surface area contributed by atoms with Gasteiger partial charge in [0.25, 0.3) is 0 Å². The molecule has 8 nitrogen and oxygen atoms in total. The number of benzene rings is 1. The lowest BCUT2D eigenvalue weighted by molar-refractivity contribution is -0.141. The lowest BCUT2D eigenvalue weighted by atomic mass is 10.2. The van der Waals surface area contributed by atoms with Crippen molar-refractivity contribution in [2.45, 2.75) is 17.3 Å². The zero-order chi connectivity index (χ0) is 18.5. The van der Waals surface area contributed by atoms with Gasteiger partial charge in [0.1, 0.15) is 5.25 Å². The van der Waals surface area contributed by atoms with Gasteiger partial charge in [-0.3, -0.25) is 9.59 Å². The highest BCUT2D eigenvalue weighted by Gasteiger charge is 2.29. The van der Waals surface area contributed by atoms with Gasteiger partial charge < -0.3 is 9.64 Å². The zero-order valence-electron chi connectivity index (χ0n) is 14.5. The monoisotopic (exact) mass is 393 g/mol. The fourth-order valence-electron chi connectivity index (χ4n) is 2.48. The molecule has 0 saturated carbocycles. The first-order valence-electron chi connectivity index (χ1n) is 8.04. The number of aromatic nitrogens is 4. The summed E-state index contributed by atoms with van der Waals surface area (Å²) in [7, 11) is 1.37. The summed E-state index contributed by atoms with van der Waals surface area (Å²) in [5.41, 5.74) is 1.99. The number of aryl methyl sites for hydroxylation is 1. The number of rotatable bonds is 5. The highest BCUT2D eigenvalue weighted by atomic mass is 32.2. The molecule has 1 atom stereocenters. The summed E-state index contributed by atoms with van der Waals surface area (Å²) in [6.45, 7) is 3.01. The number of esters is 1. The maximum absolute atomic E-state index is 12.5. The second kappa shape index (κ2) is 8.54. The van der Waals surface area contributed by atoms with Crippen LogP contribution in [0.3, 0.4) is 0 Å². The molecule has 1 aromatic heterocycles. The molecule has 0 unspecified atom stereocenters. The van der Waals surface area contributed by atoms with E-state index in [0.717, 1.165) is 17.0 Å². The van der Waals surface area contributed by atoms with E-state index in [9.17, 15) is 9.59 Å². The number of amides is 1. The summed E-state index contributed by atoms with van der Waals surface area (Å²) < 4.78 is 6.39. The average molecular weight is 393 g/mol. The number of thioether (sulfide) groups is 2. The van der Waals surface area contributed by atoms with Crippen molar-refractivity contribution in [3.8, 4) is 5.69 Å². The van der Waals surface area contributed by atoms with E-state index in [2.05, 4.69) is 15.5 Å². The molecule has 1 aliphatic heterocycles. The van der Waals surface area contributed by atoms with Gasteiger partial charge in [0.2, 0.25) is 11.1 Å². The van der Waals surface area contributed by atoms with Gasteiger partial charge in [-0.2, -0.15) is 4.68 Å². The van der Waals surface area contributed by atoms with Crippen LogP contribution >= 0.6 is 23.5 Å². The summed E-state index contributed by atoms with van der Waals surface area (Å²) in [4.78, 5) is 25.9. The fourth-order valence-corrected chi connectivity index (χ4v) is 4.41. The molecule has 0 spiro atoms. The standard InChI is InChI=1S/C16H19N5O3S2/c1-11-3-5-12(6-4-11)21-16(17-18-19-21)26-10-14(22)20-7-8-25-13(9-20)15(23)24-2/h3-6,13H,7-10H2,1-2H3/t13-/m1/s1. The Hall–Kier alpha value is -2.07. The fraction of sp³-hybridized carbons (Fsp3) is 0.438. The summed E-state index contributed by atoms with van der Waals surface area (Å²) in [5.74, 6) is 0.605. The molecule has 1 fully saturated rings.